The highest BCUT2D eigenvalue weighted by atomic mass is 16.3. The van der Waals surface area contributed by atoms with Crippen LogP contribution in [0, 0.1) is 5.92 Å². The fourth-order valence-corrected chi connectivity index (χ4v) is 2.37. The normalized spacial score (nSPS) is 39.9. The summed E-state index contributed by atoms with van der Waals surface area (Å²) in [4.78, 5) is 0. The number of hydrogen-bond acceptors (Lipinski definition) is 2. The zero-order chi connectivity index (χ0) is 10.1. The first-order valence-electron chi connectivity index (χ1n) is 5.42. The second-order valence-electron chi connectivity index (χ2n) is 5.00. The van der Waals surface area contributed by atoms with E-state index in [4.69, 9.17) is 5.73 Å². The van der Waals surface area contributed by atoms with Gasteiger partial charge in [0.25, 0.3) is 0 Å². The Kier molecular flexibility index (Phi) is 3.03. The van der Waals surface area contributed by atoms with Gasteiger partial charge in [0.15, 0.2) is 0 Å². The Labute approximate surface area is 81.5 Å². The van der Waals surface area contributed by atoms with Crippen LogP contribution in [0.5, 0.6) is 0 Å². The van der Waals surface area contributed by atoms with Gasteiger partial charge in [-0.3, -0.25) is 0 Å². The molecule has 1 aliphatic rings. The molecule has 0 bridgehead atoms. The molecule has 78 valence electrons. The van der Waals surface area contributed by atoms with E-state index in [9.17, 15) is 5.11 Å². The van der Waals surface area contributed by atoms with Crippen LogP contribution >= 0.6 is 0 Å². The number of aliphatic hydroxyl groups is 1. The second-order valence-corrected chi connectivity index (χ2v) is 5.00. The van der Waals surface area contributed by atoms with Crippen LogP contribution in [-0.4, -0.2) is 16.2 Å². The molecule has 0 aliphatic heterocycles. The quantitative estimate of drug-likeness (QED) is 0.691. The smallest absolute Gasteiger partial charge is 0.0826 e. The number of nitrogens with two attached hydrogens (primary N) is 1. The van der Waals surface area contributed by atoms with Gasteiger partial charge in [0.1, 0.15) is 0 Å². The topological polar surface area (TPSA) is 46.2 Å². The van der Waals surface area contributed by atoms with Gasteiger partial charge in [-0.25, -0.2) is 0 Å². The van der Waals surface area contributed by atoms with Gasteiger partial charge in [-0.2, -0.15) is 0 Å². The molecular formula is C11H23NO. The van der Waals surface area contributed by atoms with E-state index in [0.717, 1.165) is 25.7 Å². The Morgan fingerprint density at radius 1 is 1.62 bits per heavy atom. The lowest BCUT2D eigenvalue weighted by atomic mass is 9.68. The molecule has 0 aromatic rings. The maximum Gasteiger partial charge on any atom is 0.0826 e. The zero-order valence-corrected chi connectivity index (χ0v) is 9.14. The van der Waals surface area contributed by atoms with Crippen LogP contribution in [0.4, 0.5) is 0 Å². The minimum absolute atomic E-state index is 0.415. The largest absolute Gasteiger partial charge is 0.388 e. The van der Waals surface area contributed by atoms with E-state index in [1.54, 1.807) is 0 Å². The molecule has 1 aliphatic carbocycles. The molecule has 0 heterocycles. The maximum atomic E-state index is 10.4. The van der Waals surface area contributed by atoms with E-state index in [0.29, 0.717) is 5.92 Å². The summed E-state index contributed by atoms with van der Waals surface area (Å²) < 4.78 is 0. The molecule has 1 fully saturated rings. The van der Waals surface area contributed by atoms with Crippen molar-refractivity contribution in [1.82, 2.24) is 0 Å². The van der Waals surface area contributed by atoms with Gasteiger partial charge in [0.05, 0.1) is 5.60 Å². The number of rotatable bonds is 2. The second kappa shape index (κ2) is 3.58. The Balaban J connectivity index is 2.74. The van der Waals surface area contributed by atoms with E-state index >= 15 is 0 Å². The van der Waals surface area contributed by atoms with Gasteiger partial charge in [-0.05, 0) is 32.1 Å². The molecule has 13 heavy (non-hydrogen) atoms. The van der Waals surface area contributed by atoms with Crippen molar-refractivity contribution in [2.75, 3.05) is 0 Å². The molecule has 0 saturated heterocycles. The van der Waals surface area contributed by atoms with Gasteiger partial charge < -0.3 is 10.8 Å². The lowest BCUT2D eigenvalue weighted by Crippen LogP contribution is -2.59. The van der Waals surface area contributed by atoms with Crippen LogP contribution in [0.15, 0.2) is 0 Å². The van der Waals surface area contributed by atoms with Crippen LogP contribution in [0.1, 0.15) is 52.9 Å². The Hall–Kier alpha value is -0.0800. The summed E-state index contributed by atoms with van der Waals surface area (Å²) >= 11 is 0. The van der Waals surface area contributed by atoms with E-state index < -0.39 is 11.1 Å². The summed E-state index contributed by atoms with van der Waals surface area (Å²) in [5.41, 5.74) is 5.10. The summed E-state index contributed by atoms with van der Waals surface area (Å²) in [5, 5.41) is 10.4. The lowest BCUT2D eigenvalue weighted by Gasteiger charge is -2.46. The molecule has 0 aromatic carbocycles. The molecule has 3 N–H and O–H groups in total. The summed E-state index contributed by atoms with van der Waals surface area (Å²) in [7, 11) is 0. The average Bonchev–Trinajstić information content (AvgIpc) is 2.03. The Bertz CT molecular complexity index is 179. The maximum absolute atomic E-state index is 10.4. The molecular weight excluding hydrogens is 162 g/mol. The van der Waals surface area contributed by atoms with Crippen molar-refractivity contribution < 1.29 is 5.11 Å². The first-order chi connectivity index (χ1) is 5.91. The van der Waals surface area contributed by atoms with Gasteiger partial charge >= 0.3 is 0 Å². The first kappa shape index (κ1) is 11.0. The van der Waals surface area contributed by atoms with E-state index in [2.05, 4.69) is 13.8 Å². The fourth-order valence-electron chi connectivity index (χ4n) is 2.37. The van der Waals surface area contributed by atoms with Gasteiger partial charge in [0, 0.05) is 5.54 Å². The van der Waals surface area contributed by atoms with Crippen molar-refractivity contribution in [2.45, 2.75) is 64.0 Å². The molecule has 2 heteroatoms. The van der Waals surface area contributed by atoms with E-state index in [1.165, 1.54) is 6.42 Å². The summed E-state index contributed by atoms with van der Waals surface area (Å²) in [6.07, 6.45) is 4.94. The van der Waals surface area contributed by atoms with Crippen LogP contribution in [0.2, 0.25) is 0 Å². The van der Waals surface area contributed by atoms with Crippen LogP contribution < -0.4 is 5.73 Å². The fraction of sp³-hybridized carbons (Fsp3) is 1.00. The molecule has 1 saturated carbocycles. The minimum atomic E-state index is -0.626. The average molecular weight is 185 g/mol. The molecule has 0 radical (unpaired) electrons. The third kappa shape index (κ3) is 2.05. The third-order valence-corrected chi connectivity index (χ3v) is 3.77. The summed E-state index contributed by atoms with van der Waals surface area (Å²) in [6, 6.07) is 0. The molecule has 1 rings (SSSR count). The van der Waals surface area contributed by atoms with Crippen LogP contribution in [-0.2, 0) is 0 Å². The summed E-state index contributed by atoms with van der Waals surface area (Å²) in [5.74, 6) is 0.619. The summed E-state index contributed by atoms with van der Waals surface area (Å²) in [6.45, 7) is 6.23. The van der Waals surface area contributed by atoms with E-state index in [-0.39, 0.29) is 0 Å². The Morgan fingerprint density at radius 3 is 2.69 bits per heavy atom. The zero-order valence-electron chi connectivity index (χ0n) is 9.14. The molecule has 2 nitrogen and oxygen atoms in total. The molecule has 0 spiro atoms. The van der Waals surface area contributed by atoms with Crippen molar-refractivity contribution >= 4 is 0 Å². The molecule has 3 unspecified atom stereocenters. The van der Waals surface area contributed by atoms with Gasteiger partial charge in [-0.1, -0.05) is 26.7 Å². The lowest BCUT2D eigenvalue weighted by molar-refractivity contribution is -0.0722. The molecule has 3 atom stereocenters. The standard InChI is InChI=1S/C11H23NO/c1-4-10(3,12)11(13)7-5-6-9(2)8-11/h9,13H,4-8,12H2,1-3H3. The van der Waals surface area contributed by atoms with Gasteiger partial charge in [-0.15, -0.1) is 0 Å². The van der Waals surface area contributed by atoms with Gasteiger partial charge in [0.2, 0.25) is 0 Å². The van der Waals surface area contributed by atoms with Crippen LogP contribution in [0.3, 0.4) is 0 Å². The third-order valence-electron chi connectivity index (χ3n) is 3.77. The van der Waals surface area contributed by atoms with Crippen molar-refractivity contribution in [3.63, 3.8) is 0 Å². The highest BCUT2D eigenvalue weighted by Crippen LogP contribution is 2.39. The predicted molar refractivity (Wildman–Crippen MR) is 55.5 cm³/mol. The van der Waals surface area contributed by atoms with Crippen molar-refractivity contribution in [3.8, 4) is 0 Å². The van der Waals surface area contributed by atoms with Crippen molar-refractivity contribution in [1.29, 1.82) is 0 Å². The molecule has 0 aromatic heterocycles. The Morgan fingerprint density at radius 2 is 2.23 bits per heavy atom. The highest BCUT2D eigenvalue weighted by molar-refractivity contribution is 5.02. The van der Waals surface area contributed by atoms with Crippen LogP contribution in [0.25, 0.3) is 0 Å². The van der Waals surface area contributed by atoms with Crippen molar-refractivity contribution in [2.24, 2.45) is 11.7 Å². The van der Waals surface area contributed by atoms with Crippen molar-refractivity contribution in [3.05, 3.63) is 0 Å². The molecule has 0 amide bonds. The first-order valence-corrected chi connectivity index (χ1v) is 5.42. The minimum Gasteiger partial charge on any atom is -0.388 e. The number of hydrogen-bond donors (Lipinski definition) is 2. The van der Waals surface area contributed by atoms with E-state index in [1.807, 2.05) is 6.92 Å². The monoisotopic (exact) mass is 185 g/mol. The SMILES string of the molecule is CCC(C)(N)C1(O)CCCC(C)C1. The predicted octanol–water partition coefficient (Wildman–Crippen LogP) is 2.05. The highest BCUT2D eigenvalue weighted by Gasteiger charge is 2.44.